The van der Waals surface area contributed by atoms with Crippen LogP contribution in [0.5, 0.6) is 0 Å². The van der Waals surface area contributed by atoms with Crippen molar-refractivity contribution in [3.8, 4) is 5.82 Å². The maximum Gasteiger partial charge on any atom is 0.498 e. The van der Waals surface area contributed by atoms with Crippen LogP contribution in [0.3, 0.4) is 0 Å². The first kappa shape index (κ1) is 15.6. The Morgan fingerprint density at radius 1 is 1.17 bits per heavy atom. The molecule has 9 heteroatoms. The Morgan fingerprint density at radius 2 is 1.83 bits per heavy atom. The average Bonchev–Trinajstić information content (AvgIpc) is 3.02. The van der Waals surface area contributed by atoms with Crippen molar-refractivity contribution in [2.75, 3.05) is 0 Å². The molecule has 2 aromatic heterocycles. The zero-order valence-corrected chi connectivity index (χ0v) is 13.4. The van der Waals surface area contributed by atoms with Crippen LogP contribution in [-0.2, 0) is 9.31 Å². The molecule has 0 amide bonds. The van der Waals surface area contributed by atoms with Crippen molar-refractivity contribution in [3.05, 3.63) is 40.8 Å². The van der Waals surface area contributed by atoms with Gasteiger partial charge < -0.3 is 9.31 Å². The van der Waals surface area contributed by atoms with Crippen LogP contribution < -0.4 is 5.46 Å². The molecule has 0 aromatic carbocycles. The summed E-state index contributed by atoms with van der Waals surface area (Å²) in [5, 5.41) is 14.9. The maximum atomic E-state index is 10.7. The fourth-order valence-corrected chi connectivity index (χ4v) is 2.18. The molecule has 0 atom stereocenters. The van der Waals surface area contributed by atoms with Crippen LogP contribution in [0.1, 0.15) is 27.7 Å². The van der Waals surface area contributed by atoms with Gasteiger partial charge in [0.05, 0.1) is 16.1 Å². The molecule has 0 spiro atoms. The molecule has 1 aliphatic heterocycles. The highest BCUT2D eigenvalue weighted by molar-refractivity contribution is 6.62. The molecule has 1 saturated heterocycles. The normalized spacial score (nSPS) is 19.0. The van der Waals surface area contributed by atoms with E-state index in [0.717, 1.165) is 5.46 Å². The van der Waals surface area contributed by atoms with Gasteiger partial charge in [0.1, 0.15) is 6.20 Å². The molecule has 1 fully saturated rings. The molecule has 3 rings (SSSR count). The van der Waals surface area contributed by atoms with E-state index in [1.165, 1.54) is 16.9 Å². The number of pyridine rings is 1. The second-order valence-electron chi connectivity index (χ2n) is 6.44. The Balaban J connectivity index is 1.83. The van der Waals surface area contributed by atoms with Crippen molar-refractivity contribution in [2.45, 2.75) is 38.9 Å². The molecule has 23 heavy (non-hydrogen) atoms. The highest BCUT2D eigenvalue weighted by atomic mass is 16.7. The molecule has 3 heterocycles. The summed E-state index contributed by atoms with van der Waals surface area (Å²) in [6.07, 6.45) is 4.59. The van der Waals surface area contributed by atoms with Crippen LogP contribution in [0, 0.1) is 10.1 Å². The number of nitrogens with zero attached hydrogens (tertiary/aromatic N) is 4. The fraction of sp³-hybridized carbons (Fsp3) is 0.429. The molecule has 8 nitrogen and oxygen atoms in total. The van der Waals surface area contributed by atoms with E-state index in [4.69, 9.17) is 9.31 Å². The van der Waals surface area contributed by atoms with Crippen LogP contribution in [0.4, 0.5) is 5.69 Å². The van der Waals surface area contributed by atoms with E-state index in [9.17, 15) is 10.1 Å². The molecular weight excluding hydrogens is 299 g/mol. The lowest BCUT2D eigenvalue weighted by molar-refractivity contribution is -0.385. The summed E-state index contributed by atoms with van der Waals surface area (Å²) in [6.45, 7) is 7.93. The van der Waals surface area contributed by atoms with E-state index in [2.05, 4.69) is 10.1 Å². The topological polar surface area (TPSA) is 92.3 Å². The van der Waals surface area contributed by atoms with Gasteiger partial charge in [-0.25, -0.2) is 9.67 Å². The largest absolute Gasteiger partial charge is 0.498 e. The zero-order valence-electron chi connectivity index (χ0n) is 13.4. The van der Waals surface area contributed by atoms with Gasteiger partial charge >= 0.3 is 7.12 Å². The molecule has 2 aromatic rings. The van der Waals surface area contributed by atoms with Crippen LogP contribution in [0.25, 0.3) is 5.82 Å². The van der Waals surface area contributed by atoms with Crippen LogP contribution in [0.15, 0.2) is 30.7 Å². The van der Waals surface area contributed by atoms with Gasteiger partial charge in [-0.1, -0.05) is 0 Å². The Labute approximate surface area is 133 Å². The zero-order chi connectivity index (χ0) is 16.8. The Kier molecular flexibility index (Phi) is 3.49. The molecule has 0 unspecified atom stereocenters. The number of hydrogen-bond acceptors (Lipinski definition) is 6. The number of hydrogen-bond donors (Lipinski definition) is 0. The summed E-state index contributed by atoms with van der Waals surface area (Å²) in [7, 11) is -0.508. The van der Waals surface area contributed by atoms with E-state index >= 15 is 0 Å². The Hall–Kier alpha value is -2.26. The third-order valence-corrected chi connectivity index (χ3v) is 4.31. The predicted octanol–water partition coefficient (Wildman–Crippen LogP) is 1.47. The lowest BCUT2D eigenvalue weighted by Gasteiger charge is -2.32. The van der Waals surface area contributed by atoms with E-state index in [0.29, 0.717) is 5.82 Å². The van der Waals surface area contributed by atoms with Crippen LogP contribution >= 0.6 is 0 Å². The van der Waals surface area contributed by atoms with E-state index < -0.39 is 23.2 Å². The van der Waals surface area contributed by atoms with E-state index in [1.54, 1.807) is 18.5 Å². The second-order valence-corrected chi connectivity index (χ2v) is 6.44. The summed E-state index contributed by atoms with van der Waals surface area (Å²) < 4.78 is 13.5. The molecule has 0 radical (unpaired) electrons. The van der Waals surface area contributed by atoms with Gasteiger partial charge in [0, 0.05) is 23.9 Å². The van der Waals surface area contributed by atoms with Crippen molar-refractivity contribution >= 4 is 18.3 Å². The van der Waals surface area contributed by atoms with E-state index in [1.807, 2.05) is 27.7 Å². The minimum Gasteiger partial charge on any atom is -0.399 e. The standard InChI is InChI=1S/C14H17BN4O4/c1-13(2)14(3,4)23-15(22-13)10-7-17-18(9-10)12-6-5-11(8-16-12)19(20)21/h5-9H,1-4H3. The third kappa shape index (κ3) is 2.73. The highest BCUT2D eigenvalue weighted by Gasteiger charge is 2.52. The number of rotatable bonds is 3. The summed E-state index contributed by atoms with van der Waals surface area (Å²) >= 11 is 0. The lowest BCUT2D eigenvalue weighted by atomic mass is 9.82. The van der Waals surface area contributed by atoms with E-state index in [-0.39, 0.29) is 5.69 Å². The van der Waals surface area contributed by atoms with Gasteiger partial charge in [0.15, 0.2) is 5.82 Å². The maximum absolute atomic E-state index is 10.7. The first-order chi connectivity index (χ1) is 10.7. The smallest absolute Gasteiger partial charge is 0.399 e. The third-order valence-electron chi connectivity index (χ3n) is 4.31. The van der Waals surface area contributed by atoms with Gasteiger partial charge in [-0.2, -0.15) is 5.10 Å². The minimum absolute atomic E-state index is 0.0629. The van der Waals surface area contributed by atoms with Gasteiger partial charge in [0.2, 0.25) is 0 Å². The molecular formula is C14H17BN4O4. The van der Waals surface area contributed by atoms with Crippen molar-refractivity contribution in [3.63, 3.8) is 0 Å². The first-order valence-electron chi connectivity index (χ1n) is 7.21. The monoisotopic (exact) mass is 316 g/mol. The summed E-state index contributed by atoms with van der Waals surface area (Å²) in [4.78, 5) is 14.2. The van der Waals surface area contributed by atoms with Crippen molar-refractivity contribution < 1.29 is 14.2 Å². The Bertz CT molecular complexity index is 725. The Morgan fingerprint density at radius 3 is 2.35 bits per heavy atom. The highest BCUT2D eigenvalue weighted by Crippen LogP contribution is 2.36. The summed E-state index contributed by atoms with van der Waals surface area (Å²) in [6, 6.07) is 2.93. The predicted molar refractivity (Wildman–Crippen MR) is 83.7 cm³/mol. The lowest BCUT2D eigenvalue weighted by Crippen LogP contribution is -2.41. The quantitative estimate of drug-likeness (QED) is 0.484. The van der Waals surface area contributed by atoms with Gasteiger partial charge in [-0.3, -0.25) is 10.1 Å². The SMILES string of the molecule is CC1(C)OB(c2cnn(-c3ccc([N+](=O)[O-])cn3)c2)OC1(C)C. The molecule has 1 aliphatic rings. The summed E-state index contributed by atoms with van der Waals surface area (Å²) in [5.41, 5.74) is -0.146. The minimum atomic E-state index is -0.508. The molecule has 0 saturated carbocycles. The summed E-state index contributed by atoms with van der Waals surface area (Å²) in [5.74, 6) is 0.485. The number of nitro groups is 1. The fourth-order valence-electron chi connectivity index (χ4n) is 2.18. The first-order valence-corrected chi connectivity index (χ1v) is 7.21. The van der Waals surface area contributed by atoms with Crippen molar-refractivity contribution in [2.24, 2.45) is 0 Å². The van der Waals surface area contributed by atoms with Gasteiger partial charge in [-0.05, 0) is 33.8 Å². The second kappa shape index (κ2) is 5.14. The van der Waals surface area contributed by atoms with Crippen LogP contribution in [0.2, 0.25) is 0 Å². The number of aromatic nitrogens is 3. The molecule has 0 N–H and O–H groups in total. The van der Waals surface area contributed by atoms with Crippen LogP contribution in [-0.4, -0.2) is 38.0 Å². The average molecular weight is 316 g/mol. The van der Waals surface area contributed by atoms with Gasteiger partial charge in [-0.15, -0.1) is 0 Å². The van der Waals surface area contributed by atoms with Gasteiger partial charge in [0.25, 0.3) is 5.69 Å². The molecule has 0 bridgehead atoms. The molecule has 0 aliphatic carbocycles. The van der Waals surface area contributed by atoms with Crippen molar-refractivity contribution in [1.82, 2.24) is 14.8 Å². The van der Waals surface area contributed by atoms with Crippen molar-refractivity contribution in [1.29, 1.82) is 0 Å². The molecule has 120 valence electrons.